The van der Waals surface area contributed by atoms with Gasteiger partial charge in [-0.2, -0.15) is 26.3 Å². The number of hydrogen-bond acceptors (Lipinski definition) is 4. The number of benzene rings is 2. The molecular formula is C57H46F6N4S2. The first-order valence-corrected chi connectivity index (χ1v) is 23.8. The topological polar surface area (TPSA) is 56.3 Å². The summed E-state index contributed by atoms with van der Waals surface area (Å²) in [6.07, 6.45) is 4.06. The molecule has 1 aliphatic carbocycles. The van der Waals surface area contributed by atoms with Crippen molar-refractivity contribution < 1.29 is 26.3 Å². The number of rotatable bonds is 6. The van der Waals surface area contributed by atoms with Crippen molar-refractivity contribution in [2.75, 3.05) is 0 Å². The second-order valence-corrected chi connectivity index (χ2v) is 20.4. The number of nitrogens with one attached hydrogen (secondary N) is 2. The van der Waals surface area contributed by atoms with E-state index in [1.165, 1.54) is 26.0 Å². The summed E-state index contributed by atoms with van der Waals surface area (Å²) >= 11 is 1.95. The number of H-pyrrole nitrogens is 2. The first kappa shape index (κ1) is 47.2. The summed E-state index contributed by atoms with van der Waals surface area (Å²) in [4.78, 5) is 17.4. The van der Waals surface area contributed by atoms with Crippen LogP contribution in [0.15, 0.2) is 117 Å². The molecule has 0 bridgehead atoms. The van der Waals surface area contributed by atoms with Crippen LogP contribution in [-0.2, 0) is 0 Å². The van der Waals surface area contributed by atoms with Crippen molar-refractivity contribution in [3.8, 4) is 23.7 Å². The number of aryl methyl sites for hydroxylation is 6. The van der Waals surface area contributed by atoms with Crippen LogP contribution in [0.1, 0.15) is 114 Å². The molecule has 2 N–H and O–H groups in total. The number of aromatic nitrogens is 2. The van der Waals surface area contributed by atoms with Gasteiger partial charge in [-0.25, -0.2) is 0 Å². The summed E-state index contributed by atoms with van der Waals surface area (Å²) in [5, 5.41) is 0. The lowest BCUT2D eigenvalue weighted by Gasteiger charge is -2.25. The zero-order valence-electron chi connectivity index (χ0n) is 39.6. The van der Waals surface area contributed by atoms with Gasteiger partial charge in [0.05, 0.1) is 32.5 Å². The van der Waals surface area contributed by atoms with Crippen molar-refractivity contribution in [2.24, 2.45) is 9.98 Å². The van der Waals surface area contributed by atoms with E-state index in [2.05, 4.69) is 45.8 Å². The molecule has 69 heavy (non-hydrogen) atoms. The maximum absolute atomic E-state index is 16.0. The molecule has 12 heteroatoms. The number of hydrogen-bond donors (Lipinski definition) is 2. The number of thiophene rings is 2. The lowest BCUT2D eigenvalue weighted by atomic mass is 9.95. The van der Waals surface area contributed by atoms with Crippen molar-refractivity contribution in [2.45, 2.75) is 87.0 Å². The third-order valence-corrected chi connectivity index (χ3v) is 14.4. The number of alkyl halides is 6. The summed E-state index contributed by atoms with van der Waals surface area (Å²) in [5.74, 6) is -4.11. The monoisotopic (exact) mass is 964 g/mol. The number of allylic oxidation sites excluding steroid dienone is 6. The molecule has 4 aromatic heterocycles. The van der Waals surface area contributed by atoms with Crippen LogP contribution in [0.5, 0.6) is 0 Å². The predicted molar refractivity (Wildman–Crippen MR) is 271 cm³/mol. The van der Waals surface area contributed by atoms with E-state index in [4.69, 9.17) is 9.98 Å². The highest BCUT2D eigenvalue weighted by atomic mass is 32.1. The van der Waals surface area contributed by atoms with Gasteiger partial charge in [-0.1, -0.05) is 47.9 Å². The normalized spacial score (nSPS) is 18.3. The van der Waals surface area contributed by atoms with Crippen LogP contribution in [0, 0.1) is 65.2 Å². The first-order valence-electron chi connectivity index (χ1n) is 22.2. The molecule has 9 rings (SSSR count). The third kappa shape index (κ3) is 8.24. The van der Waals surface area contributed by atoms with E-state index in [9.17, 15) is 0 Å². The van der Waals surface area contributed by atoms with Crippen LogP contribution in [0.3, 0.4) is 0 Å². The van der Waals surface area contributed by atoms with Crippen molar-refractivity contribution in [3.05, 3.63) is 194 Å². The maximum Gasteiger partial charge on any atom is 0.380 e. The Kier molecular flexibility index (Phi) is 11.8. The molecule has 0 amide bonds. The van der Waals surface area contributed by atoms with Gasteiger partial charge in [0.1, 0.15) is 0 Å². The van der Waals surface area contributed by atoms with E-state index in [0.717, 1.165) is 113 Å². The fraction of sp³-hybridized carbons (Fsp3) is 0.228. The van der Waals surface area contributed by atoms with E-state index in [0.29, 0.717) is 11.1 Å². The van der Waals surface area contributed by atoms with Crippen LogP contribution in [0.4, 0.5) is 26.3 Å². The molecule has 0 atom stereocenters. The van der Waals surface area contributed by atoms with Crippen molar-refractivity contribution in [3.63, 3.8) is 0 Å². The lowest BCUT2D eigenvalue weighted by Crippen LogP contribution is -2.48. The van der Waals surface area contributed by atoms with Gasteiger partial charge in [-0.05, 0) is 174 Å². The zero-order chi connectivity index (χ0) is 49.5. The standard InChI is InChI=1S/C57H46F6N4S2/c1-29-23-33(5)64-51(29)47(52-30(2)24-34(6)65-52)41-17-11-39(12-18-41)15-21-43-27-45(37(9)68-43)49-50(56(60,61)57(62,63)55(49,58)59)46-28-44(69-38(46)10)22-16-40-13-19-42(20-14-40)48(53-31(3)25-35(7)66-53)54-32(4)26-36(8)67-54/h11-14,17-20,23-28,64,66H,1-10H3/b52-47-,54-48-. The Morgan fingerprint density at radius 1 is 0.493 bits per heavy atom. The van der Waals surface area contributed by atoms with Gasteiger partial charge in [0.2, 0.25) is 0 Å². The van der Waals surface area contributed by atoms with E-state index in [1.807, 2.05) is 116 Å². The highest BCUT2D eigenvalue weighted by molar-refractivity contribution is 7.13. The third-order valence-electron chi connectivity index (χ3n) is 12.5. The van der Waals surface area contributed by atoms with Crippen LogP contribution < -0.4 is 0 Å². The van der Waals surface area contributed by atoms with Crippen LogP contribution in [0.25, 0.3) is 22.3 Å². The summed E-state index contributed by atoms with van der Waals surface area (Å²) < 4.78 is 95.2. The number of halogens is 6. The van der Waals surface area contributed by atoms with Gasteiger partial charge in [-0.3, -0.25) is 9.98 Å². The Balaban J connectivity index is 1.04. The van der Waals surface area contributed by atoms with Crippen molar-refractivity contribution in [1.82, 2.24) is 9.97 Å². The molecule has 0 saturated heterocycles. The Hall–Kier alpha value is -6.86. The van der Waals surface area contributed by atoms with E-state index in [-0.39, 0.29) is 19.5 Å². The molecule has 6 heterocycles. The molecule has 0 radical (unpaired) electrons. The highest BCUT2D eigenvalue weighted by Gasteiger charge is 2.80. The van der Waals surface area contributed by atoms with Gasteiger partial charge in [0.25, 0.3) is 0 Å². The molecular weight excluding hydrogens is 919 g/mol. The number of aliphatic imine (C=N–C) groups is 2. The summed E-state index contributed by atoms with van der Waals surface area (Å²) in [7, 11) is 0. The van der Waals surface area contributed by atoms with Crippen LogP contribution in [-0.4, -0.2) is 39.2 Å². The van der Waals surface area contributed by atoms with Crippen LogP contribution >= 0.6 is 22.7 Å². The Bertz CT molecular complexity index is 3280. The average Bonchev–Trinajstić information content (AvgIpc) is 4.14. The minimum Gasteiger partial charge on any atom is -0.358 e. The molecule has 2 aliphatic heterocycles. The zero-order valence-corrected chi connectivity index (χ0v) is 41.2. The van der Waals surface area contributed by atoms with E-state index in [1.54, 1.807) is 0 Å². The molecule has 0 fully saturated rings. The molecule has 348 valence electrons. The van der Waals surface area contributed by atoms with Gasteiger partial charge in [0.15, 0.2) is 0 Å². The van der Waals surface area contributed by atoms with Gasteiger partial charge >= 0.3 is 17.8 Å². The van der Waals surface area contributed by atoms with Gasteiger partial charge in [0, 0.05) is 66.0 Å². The summed E-state index contributed by atoms with van der Waals surface area (Å²) in [5.41, 5.74) is 12.9. The predicted octanol–water partition coefficient (Wildman–Crippen LogP) is 15.3. The quantitative estimate of drug-likeness (QED) is 0.123. The number of aromatic amines is 2. The molecule has 3 aliphatic rings. The maximum atomic E-state index is 16.0. The first-order chi connectivity index (χ1) is 32.5. The molecule has 6 aromatic rings. The largest absolute Gasteiger partial charge is 0.380 e. The molecule has 0 spiro atoms. The van der Waals surface area contributed by atoms with Gasteiger partial charge in [-0.15, -0.1) is 22.7 Å². The SMILES string of the molecule is CC1=CC(C)=N/C1=C(/c1ccc(C#Cc2cc(C3=C(c4cc(C#Cc5ccc(/C(=C6/N=C(C)C=C6C)c6[nH]c(C)cc6C)cc5)sc4C)C(F)(F)C(F)(F)C3(F)F)c(C)s2)cc1)c1[nH]c(C)cc1C. The van der Waals surface area contributed by atoms with Gasteiger partial charge < -0.3 is 9.97 Å². The van der Waals surface area contributed by atoms with E-state index >= 15 is 26.3 Å². The second kappa shape index (κ2) is 17.3. The molecule has 0 unspecified atom stereocenters. The summed E-state index contributed by atoms with van der Waals surface area (Å²) in [6, 6.07) is 21.6. The molecule has 0 saturated carbocycles. The van der Waals surface area contributed by atoms with Crippen molar-refractivity contribution in [1.29, 1.82) is 0 Å². The Morgan fingerprint density at radius 2 is 0.855 bits per heavy atom. The smallest absolute Gasteiger partial charge is 0.358 e. The van der Waals surface area contributed by atoms with E-state index < -0.39 is 40.0 Å². The lowest BCUT2D eigenvalue weighted by molar-refractivity contribution is -0.254. The average molecular weight is 965 g/mol. The second-order valence-electron chi connectivity index (χ2n) is 17.9. The Morgan fingerprint density at radius 3 is 1.16 bits per heavy atom. The Labute approximate surface area is 405 Å². The fourth-order valence-electron chi connectivity index (χ4n) is 9.36. The fourth-order valence-corrected chi connectivity index (χ4v) is 11.1. The minimum absolute atomic E-state index is 0.150. The minimum atomic E-state index is -5.71. The van der Waals surface area contributed by atoms with Crippen LogP contribution in [0.2, 0.25) is 0 Å². The summed E-state index contributed by atoms with van der Waals surface area (Å²) in [6.45, 7) is 18.9. The van der Waals surface area contributed by atoms with Crippen molar-refractivity contribution >= 4 is 56.4 Å². The number of nitrogens with zero attached hydrogens (tertiary/aromatic N) is 2. The molecule has 4 nitrogen and oxygen atoms in total. The molecule has 2 aromatic carbocycles. The highest BCUT2D eigenvalue weighted by Crippen LogP contribution is 2.65.